The monoisotopic (exact) mass is 655 g/mol. The van der Waals surface area contributed by atoms with E-state index >= 15 is 0 Å². The van der Waals surface area contributed by atoms with Gasteiger partial charge in [-0.3, -0.25) is 9.59 Å². The highest BCUT2D eigenvalue weighted by molar-refractivity contribution is 6.08. The Balaban J connectivity index is 0.999. The molecular formula is C41H61N5O2. The van der Waals surface area contributed by atoms with Crippen molar-refractivity contribution in [2.45, 2.75) is 112 Å². The molecule has 0 spiro atoms. The van der Waals surface area contributed by atoms with Crippen molar-refractivity contribution < 1.29 is 4.79 Å². The molecule has 2 aliphatic carbocycles. The molecule has 3 heterocycles. The highest BCUT2D eigenvalue weighted by Gasteiger charge is 2.41. The predicted molar refractivity (Wildman–Crippen MR) is 198 cm³/mol. The minimum absolute atomic E-state index is 0.123. The minimum Gasteiger partial charge on any atom is -0.348 e. The molecule has 6 rings (SSSR count). The molecule has 2 saturated carbocycles. The second-order valence-corrected chi connectivity index (χ2v) is 16.3. The van der Waals surface area contributed by atoms with Gasteiger partial charge in [0.25, 0.3) is 11.5 Å². The lowest BCUT2D eigenvalue weighted by Gasteiger charge is -2.48. The summed E-state index contributed by atoms with van der Waals surface area (Å²) in [6, 6.07) is 10.5. The van der Waals surface area contributed by atoms with Crippen molar-refractivity contribution in [3.63, 3.8) is 0 Å². The van der Waals surface area contributed by atoms with Gasteiger partial charge in [-0.15, -0.1) is 0 Å². The van der Waals surface area contributed by atoms with Crippen molar-refractivity contribution in [3.8, 4) is 0 Å². The number of hydrogen-bond acceptors (Lipinski definition) is 4. The number of hydrogen-bond donors (Lipinski definition) is 3. The van der Waals surface area contributed by atoms with Gasteiger partial charge >= 0.3 is 0 Å². The second-order valence-electron chi connectivity index (χ2n) is 16.3. The number of para-hydroxylation sites is 1. The first-order valence-corrected chi connectivity index (χ1v) is 19.1. The summed E-state index contributed by atoms with van der Waals surface area (Å²) in [5.74, 6) is 3.39. The first kappa shape index (κ1) is 34.9. The molecule has 1 saturated heterocycles. The van der Waals surface area contributed by atoms with Crippen molar-refractivity contribution in [1.82, 2.24) is 25.1 Å². The molecule has 3 N–H and O–H groups in total. The zero-order valence-electron chi connectivity index (χ0n) is 30.6. The van der Waals surface area contributed by atoms with Gasteiger partial charge in [-0.2, -0.15) is 0 Å². The number of likely N-dealkylation sites (tertiary alicyclic amines) is 1. The molecule has 7 nitrogen and oxygen atoms in total. The van der Waals surface area contributed by atoms with Crippen LogP contribution in [0.15, 0.2) is 35.1 Å². The number of carbonyl (C=O) groups is 1. The molecule has 0 radical (unpaired) electrons. The number of amides is 1. The molecule has 2 unspecified atom stereocenters. The van der Waals surface area contributed by atoms with E-state index in [9.17, 15) is 9.59 Å². The fraction of sp³-hybridized carbons (Fsp3) is 0.659. The van der Waals surface area contributed by atoms with Gasteiger partial charge in [-0.25, -0.2) is 0 Å². The Hall–Kier alpha value is -2.90. The van der Waals surface area contributed by atoms with Crippen molar-refractivity contribution in [2.24, 2.45) is 29.1 Å². The maximum absolute atomic E-state index is 13.7. The van der Waals surface area contributed by atoms with E-state index in [4.69, 9.17) is 0 Å². The molecule has 3 fully saturated rings. The van der Waals surface area contributed by atoms with Crippen LogP contribution in [-0.4, -0.2) is 53.1 Å². The topological polar surface area (TPSA) is 82.2 Å². The summed E-state index contributed by atoms with van der Waals surface area (Å²) in [5.41, 5.74) is 5.57. The number of piperidine rings is 1. The van der Waals surface area contributed by atoms with E-state index < -0.39 is 0 Å². The molecule has 2 aromatic heterocycles. The first-order valence-electron chi connectivity index (χ1n) is 19.1. The van der Waals surface area contributed by atoms with E-state index in [1.807, 2.05) is 26.0 Å². The van der Waals surface area contributed by atoms with Gasteiger partial charge in [0.1, 0.15) is 0 Å². The predicted octanol–water partition coefficient (Wildman–Crippen LogP) is 7.68. The second kappa shape index (κ2) is 14.9. The number of rotatable bonds is 12. The van der Waals surface area contributed by atoms with Crippen molar-refractivity contribution in [1.29, 1.82) is 0 Å². The average molecular weight is 656 g/mol. The Bertz CT molecular complexity index is 1620. The summed E-state index contributed by atoms with van der Waals surface area (Å²) >= 11 is 0. The Morgan fingerprint density at radius 2 is 1.75 bits per heavy atom. The van der Waals surface area contributed by atoms with Crippen LogP contribution in [0.1, 0.15) is 117 Å². The SMILES string of the molecule is CCC1CC2CC(C1)CC(C)(CCNCCN1CCC([C@H](C)n3c(C)c(C(=O)NCc4c(C)cc(C)[nH]c4=O)c4ccccc43)CC1)C2. The number of fused-ring (bicyclic) bond motifs is 3. The highest BCUT2D eigenvalue weighted by atomic mass is 16.2. The lowest BCUT2D eigenvalue weighted by Crippen LogP contribution is -2.41. The molecule has 262 valence electrons. The molecule has 1 amide bonds. The van der Waals surface area contributed by atoms with E-state index in [1.165, 1.54) is 57.8 Å². The molecule has 7 heteroatoms. The Morgan fingerprint density at radius 3 is 2.44 bits per heavy atom. The van der Waals surface area contributed by atoms with Crippen LogP contribution >= 0.6 is 0 Å². The van der Waals surface area contributed by atoms with Crippen LogP contribution in [0.3, 0.4) is 0 Å². The number of nitrogens with one attached hydrogen (secondary N) is 3. The van der Waals surface area contributed by atoms with Gasteiger partial charge in [-0.1, -0.05) is 38.5 Å². The van der Waals surface area contributed by atoms with Crippen LogP contribution in [0.25, 0.3) is 10.9 Å². The standard InChI is InChI=1S/C41H61N5O2/c1-7-31-21-32-23-33(22-31)25-41(6,24-32)14-15-42-16-19-45-17-12-34(13-18-45)29(4)46-30(5)38(35-10-8-9-11-37(35)46)40(48)43-26-36-27(2)20-28(3)44-39(36)47/h8-11,20,29,31-34,42H,7,12-19,21-26H2,1-6H3,(H,43,48)(H,44,47)/t29-,31?,32?,33?,41?/m0/s1. The van der Waals surface area contributed by atoms with Crippen LogP contribution in [0.4, 0.5) is 0 Å². The number of aromatic nitrogens is 2. The van der Waals surface area contributed by atoms with Crippen LogP contribution in [-0.2, 0) is 6.54 Å². The van der Waals surface area contributed by atoms with E-state index in [1.54, 1.807) is 0 Å². The average Bonchev–Trinajstić information content (AvgIpc) is 3.34. The van der Waals surface area contributed by atoms with Crippen LogP contribution in [0.5, 0.6) is 0 Å². The van der Waals surface area contributed by atoms with Crippen LogP contribution in [0.2, 0.25) is 0 Å². The third-order valence-electron chi connectivity index (χ3n) is 12.7. The highest BCUT2D eigenvalue weighted by Crippen LogP contribution is 2.52. The van der Waals surface area contributed by atoms with Gasteiger partial charge < -0.3 is 25.1 Å². The molecule has 1 aromatic carbocycles. The molecule has 3 aliphatic rings. The van der Waals surface area contributed by atoms with Gasteiger partial charge in [-0.05, 0) is 145 Å². The molecule has 3 atom stereocenters. The number of benzene rings is 1. The van der Waals surface area contributed by atoms with Crippen molar-refractivity contribution in [3.05, 3.63) is 68.8 Å². The number of aryl methyl sites for hydroxylation is 2. The smallest absolute Gasteiger partial charge is 0.254 e. The van der Waals surface area contributed by atoms with E-state index in [-0.39, 0.29) is 18.0 Å². The van der Waals surface area contributed by atoms with Gasteiger partial charge in [0.15, 0.2) is 0 Å². The van der Waals surface area contributed by atoms with E-state index in [0.29, 0.717) is 22.9 Å². The quantitative estimate of drug-likeness (QED) is 0.175. The summed E-state index contributed by atoms with van der Waals surface area (Å²) < 4.78 is 2.40. The first-order chi connectivity index (χ1) is 23.0. The summed E-state index contributed by atoms with van der Waals surface area (Å²) in [7, 11) is 0. The number of carbonyl (C=O) groups excluding carboxylic acids is 1. The van der Waals surface area contributed by atoms with E-state index in [2.05, 4.69) is 71.0 Å². The minimum atomic E-state index is -0.136. The lowest BCUT2D eigenvalue weighted by atomic mass is 9.58. The van der Waals surface area contributed by atoms with Gasteiger partial charge in [0.05, 0.1) is 5.56 Å². The molecular weight excluding hydrogens is 594 g/mol. The maximum atomic E-state index is 13.7. The summed E-state index contributed by atoms with van der Waals surface area (Å²) in [6.45, 7) is 19.0. The van der Waals surface area contributed by atoms with Crippen molar-refractivity contribution in [2.75, 3.05) is 32.7 Å². The van der Waals surface area contributed by atoms with Crippen LogP contribution < -0.4 is 16.2 Å². The Morgan fingerprint density at radius 1 is 1.04 bits per heavy atom. The van der Waals surface area contributed by atoms with Gasteiger partial charge in [0, 0.05) is 53.5 Å². The lowest BCUT2D eigenvalue weighted by molar-refractivity contribution is 0.0359. The summed E-state index contributed by atoms with van der Waals surface area (Å²) in [6.07, 6.45) is 12.4. The summed E-state index contributed by atoms with van der Waals surface area (Å²) in [4.78, 5) is 31.7. The Kier molecular flexibility index (Phi) is 10.9. The van der Waals surface area contributed by atoms with Gasteiger partial charge in [0.2, 0.25) is 0 Å². The Labute approximate surface area is 288 Å². The number of H-pyrrole nitrogens is 1. The molecule has 2 bridgehead atoms. The fourth-order valence-electron chi connectivity index (χ4n) is 10.2. The molecule has 48 heavy (non-hydrogen) atoms. The van der Waals surface area contributed by atoms with Crippen molar-refractivity contribution >= 4 is 16.8 Å². The third kappa shape index (κ3) is 7.62. The zero-order valence-corrected chi connectivity index (χ0v) is 30.6. The zero-order chi connectivity index (χ0) is 34.0. The van der Waals surface area contributed by atoms with Crippen LogP contribution in [0, 0.1) is 49.9 Å². The molecule has 1 aliphatic heterocycles. The largest absolute Gasteiger partial charge is 0.348 e. The summed E-state index contributed by atoms with van der Waals surface area (Å²) in [5, 5.41) is 7.86. The number of nitrogens with zero attached hydrogens (tertiary/aromatic N) is 2. The molecule has 3 aromatic rings. The number of pyridine rings is 1. The number of aromatic amines is 1. The van der Waals surface area contributed by atoms with E-state index in [0.717, 1.165) is 83.9 Å². The maximum Gasteiger partial charge on any atom is 0.254 e. The third-order valence-corrected chi connectivity index (χ3v) is 12.7. The normalized spacial score (nSPS) is 25.8. The fourth-order valence-corrected chi connectivity index (χ4v) is 10.2.